The van der Waals surface area contributed by atoms with Crippen molar-refractivity contribution in [1.82, 2.24) is 10.6 Å². The molecule has 23 heavy (non-hydrogen) atoms. The van der Waals surface area contributed by atoms with Gasteiger partial charge in [-0.05, 0) is 24.6 Å². The van der Waals surface area contributed by atoms with Gasteiger partial charge in [-0.3, -0.25) is 0 Å². The van der Waals surface area contributed by atoms with Crippen molar-refractivity contribution in [1.29, 1.82) is 0 Å². The molecule has 1 aliphatic heterocycles. The van der Waals surface area contributed by atoms with Crippen LogP contribution >= 0.6 is 23.2 Å². The lowest BCUT2D eigenvalue weighted by Crippen LogP contribution is -2.45. The van der Waals surface area contributed by atoms with Crippen LogP contribution in [0, 0.1) is 0 Å². The van der Waals surface area contributed by atoms with Crippen LogP contribution in [0.2, 0.25) is 10.0 Å². The van der Waals surface area contributed by atoms with E-state index < -0.39 is 18.0 Å². The molecule has 1 heterocycles. The maximum atomic E-state index is 12.3. The third-order valence-corrected chi connectivity index (χ3v) is 4.03. The minimum atomic E-state index is -0.673. The number of nitrogens with one attached hydrogen (secondary N) is 2. The van der Waals surface area contributed by atoms with Gasteiger partial charge in [0.15, 0.2) is 0 Å². The molecule has 0 aromatic heterocycles. The molecule has 2 rings (SSSR count). The van der Waals surface area contributed by atoms with Crippen LogP contribution in [-0.4, -0.2) is 32.3 Å². The molecule has 1 aromatic rings. The second-order valence-electron chi connectivity index (χ2n) is 4.87. The molecule has 124 valence electrons. The zero-order chi connectivity index (χ0) is 17.0. The monoisotopic (exact) mass is 358 g/mol. The Kier molecular flexibility index (Phi) is 5.87. The van der Waals surface area contributed by atoms with E-state index in [-0.39, 0.29) is 13.2 Å². The summed E-state index contributed by atoms with van der Waals surface area (Å²) in [5.74, 6) is -0.539. The molecule has 0 aliphatic carbocycles. The first-order valence-electron chi connectivity index (χ1n) is 6.83. The highest BCUT2D eigenvalue weighted by molar-refractivity contribution is 6.42. The third-order valence-electron chi connectivity index (χ3n) is 3.29. The van der Waals surface area contributed by atoms with Crippen molar-refractivity contribution in [2.75, 3.05) is 20.3 Å². The summed E-state index contributed by atoms with van der Waals surface area (Å²) in [6.45, 7) is 2.04. The van der Waals surface area contributed by atoms with Gasteiger partial charge in [-0.25, -0.2) is 9.59 Å². The van der Waals surface area contributed by atoms with Gasteiger partial charge in [0.25, 0.3) is 0 Å². The second-order valence-corrected chi connectivity index (χ2v) is 5.69. The summed E-state index contributed by atoms with van der Waals surface area (Å²) >= 11 is 11.9. The van der Waals surface area contributed by atoms with E-state index in [1.54, 1.807) is 25.1 Å². The molecule has 0 radical (unpaired) electrons. The number of rotatable bonds is 5. The van der Waals surface area contributed by atoms with Crippen LogP contribution in [0.4, 0.5) is 4.79 Å². The third kappa shape index (κ3) is 4.16. The molecule has 1 aliphatic rings. The van der Waals surface area contributed by atoms with Crippen LogP contribution in [0.15, 0.2) is 29.5 Å². The second kappa shape index (κ2) is 7.68. The summed E-state index contributed by atoms with van der Waals surface area (Å²) in [6.07, 6.45) is 0. The summed E-state index contributed by atoms with van der Waals surface area (Å²) in [4.78, 5) is 24.1. The SMILES string of the molecule is COCCOC(=O)C1=C(C)NC(=O)N[C@H]1c1ccc(Cl)c(Cl)c1. The maximum Gasteiger partial charge on any atom is 0.338 e. The van der Waals surface area contributed by atoms with Gasteiger partial charge in [-0.1, -0.05) is 29.3 Å². The molecule has 1 aromatic carbocycles. The molecular formula is C15H16Cl2N2O4. The average molecular weight is 359 g/mol. The topological polar surface area (TPSA) is 76.7 Å². The van der Waals surface area contributed by atoms with E-state index in [1.165, 1.54) is 7.11 Å². The van der Waals surface area contributed by atoms with Crippen LogP contribution in [0.5, 0.6) is 0 Å². The van der Waals surface area contributed by atoms with Crippen LogP contribution in [0.3, 0.4) is 0 Å². The van der Waals surface area contributed by atoms with Crippen LogP contribution < -0.4 is 10.6 Å². The number of allylic oxidation sites excluding steroid dienone is 1. The van der Waals surface area contributed by atoms with Crippen LogP contribution in [0.25, 0.3) is 0 Å². The number of halogens is 2. The van der Waals surface area contributed by atoms with Gasteiger partial charge >= 0.3 is 12.0 Å². The molecule has 0 saturated heterocycles. The van der Waals surface area contributed by atoms with Gasteiger partial charge < -0.3 is 20.1 Å². The predicted octanol–water partition coefficient (Wildman–Crippen LogP) is 2.81. The minimum Gasteiger partial charge on any atom is -0.460 e. The van der Waals surface area contributed by atoms with Crippen LogP contribution in [0.1, 0.15) is 18.5 Å². The van der Waals surface area contributed by atoms with E-state index in [1.807, 2.05) is 0 Å². The standard InChI is InChI=1S/C15H16Cl2N2O4/c1-8-12(14(20)23-6-5-22-2)13(19-15(21)18-8)9-3-4-10(16)11(17)7-9/h3-4,7,13H,5-6H2,1-2H3,(H2,18,19,21)/t13-/m0/s1. The Labute approximate surface area is 143 Å². The zero-order valence-corrected chi connectivity index (χ0v) is 14.1. The number of urea groups is 1. The number of hydrogen-bond acceptors (Lipinski definition) is 4. The first kappa shape index (κ1) is 17.6. The molecular weight excluding hydrogens is 343 g/mol. The van der Waals surface area contributed by atoms with Gasteiger partial charge in [-0.15, -0.1) is 0 Å². The summed E-state index contributed by atoms with van der Waals surface area (Å²) in [7, 11) is 1.51. The summed E-state index contributed by atoms with van der Waals surface area (Å²) in [5.41, 5.74) is 1.36. The minimum absolute atomic E-state index is 0.119. The summed E-state index contributed by atoms with van der Waals surface area (Å²) in [6, 6.07) is 3.83. The van der Waals surface area contributed by atoms with Gasteiger partial charge in [0.1, 0.15) is 6.61 Å². The van der Waals surface area contributed by atoms with Crippen molar-refractivity contribution >= 4 is 35.2 Å². The maximum absolute atomic E-state index is 12.3. The molecule has 2 N–H and O–H groups in total. The highest BCUT2D eigenvalue weighted by atomic mass is 35.5. The van der Waals surface area contributed by atoms with E-state index in [0.717, 1.165) is 0 Å². The molecule has 6 nitrogen and oxygen atoms in total. The number of esters is 1. The van der Waals surface area contributed by atoms with Crippen molar-refractivity contribution in [2.45, 2.75) is 13.0 Å². The van der Waals surface area contributed by atoms with E-state index in [9.17, 15) is 9.59 Å². The van der Waals surface area contributed by atoms with Crippen molar-refractivity contribution in [3.05, 3.63) is 45.1 Å². The molecule has 0 unspecified atom stereocenters. The van der Waals surface area contributed by atoms with Crippen molar-refractivity contribution in [3.8, 4) is 0 Å². The lowest BCUT2D eigenvalue weighted by Gasteiger charge is -2.28. The lowest BCUT2D eigenvalue weighted by molar-refractivity contribution is -0.140. The highest BCUT2D eigenvalue weighted by Crippen LogP contribution is 2.31. The molecule has 1 atom stereocenters. The number of benzene rings is 1. The highest BCUT2D eigenvalue weighted by Gasteiger charge is 2.32. The lowest BCUT2D eigenvalue weighted by atomic mass is 9.95. The fourth-order valence-corrected chi connectivity index (χ4v) is 2.51. The smallest absolute Gasteiger partial charge is 0.338 e. The van der Waals surface area contributed by atoms with Crippen molar-refractivity contribution < 1.29 is 19.1 Å². The Morgan fingerprint density at radius 1 is 1.26 bits per heavy atom. The van der Waals surface area contributed by atoms with Crippen LogP contribution in [-0.2, 0) is 14.3 Å². The van der Waals surface area contributed by atoms with Gasteiger partial charge in [0, 0.05) is 12.8 Å². The first-order chi connectivity index (χ1) is 10.9. The van der Waals surface area contributed by atoms with Gasteiger partial charge in [-0.2, -0.15) is 0 Å². The normalized spacial score (nSPS) is 17.6. The fraction of sp³-hybridized carbons (Fsp3) is 0.333. The van der Waals surface area contributed by atoms with Crippen molar-refractivity contribution in [3.63, 3.8) is 0 Å². The summed E-state index contributed by atoms with van der Waals surface area (Å²) in [5, 5.41) is 5.98. The number of hydrogen-bond donors (Lipinski definition) is 2. The number of carbonyl (C=O) groups is 2. The van der Waals surface area contributed by atoms with E-state index >= 15 is 0 Å². The Morgan fingerprint density at radius 3 is 2.65 bits per heavy atom. The number of ether oxygens (including phenoxy) is 2. The zero-order valence-electron chi connectivity index (χ0n) is 12.6. The molecule has 0 saturated carbocycles. The average Bonchev–Trinajstić information content (AvgIpc) is 2.49. The largest absolute Gasteiger partial charge is 0.460 e. The molecule has 8 heteroatoms. The number of methoxy groups -OCH3 is 1. The number of carbonyl (C=O) groups excluding carboxylic acids is 2. The predicted molar refractivity (Wildman–Crippen MR) is 86.4 cm³/mol. The van der Waals surface area contributed by atoms with E-state index in [4.69, 9.17) is 32.7 Å². The quantitative estimate of drug-likeness (QED) is 0.626. The van der Waals surface area contributed by atoms with Gasteiger partial charge in [0.2, 0.25) is 0 Å². The Hall–Kier alpha value is -1.76. The summed E-state index contributed by atoms with van der Waals surface area (Å²) < 4.78 is 10.0. The Bertz CT molecular complexity index is 661. The van der Waals surface area contributed by atoms with E-state index in [2.05, 4.69) is 10.6 Å². The Morgan fingerprint density at radius 2 is 2.00 bits per heavy atom. The van der Waals surface area contributed by atoms with E-state index in [0.29, 0.717) is 26.9 Å². The van der Waals surface area contributed by atoms with Gasteiger partial charge in [0.05, 0.1) is 28.3 Å². The number of amides is 2. The molecule has 0 bridgehead atoms. The molecule has 2 amide bonds. The fourth-order valence-electron chi connectivity index (χ4n) is 2.20. The molecule has 0 fully saturated rings. The Balaban J connectivity index is 2.33. The molecule has 0 spiro atoms. The first-order valence-corrected chi connectivity index (χ1v) is 7.59. The van der Waals surface area contributed by atoms with Crippen molar-refractivity contribution in [2.24, 2.45) is 0 Å².